The van der Waals surface area contributed by atoms with Gasteiger partial charge in [0.1, 0.15) is 17.5 Å². The van der Waals surface area contributed by atoms with E-state index in [-0.39, 0.29) is 24.5 Å². The molecule has 2 amide bonds. The highest BCUT2D eigenvalue weighted by atomic mass is 16.5. The molecule has 0 aliphatic rings. The summed E-state index contributed by atoms with van der Waals surface area (Å²) >= 11 is 0. The lowest BCUT2D eigenvalue weighted by Gasteiger charge is -2.31. The minimum atomic E-state index is -0.583. The average Bonchev–Trinajstić information content (AvgIpc) is 2.79. The number of amides is 2. The second kappa shape index (κ2) is 12.1. The van der Waals surface area contributed by atoms with E-state index in [1.807, 2.05) is 77.1 Å². The predicted molar refractivity (Wildman–Crippen MR) is 127 cm³/mol. The van der Waals surface area contributed by atoms with Crippen molar-refractivity contribution >= 4 is 11.8 Å². The molecule has 0 radical (unpaired) electrons. The topological polar surface area (TPSA) is 67.9 Å². The zero-order valence-corrected chi connectivity index (χ0v) is 20.1. The third kappa shape index (κ3) is 7.01. The monoisotopic (exact) mass is 440 g/mol. The summed E-state index contributed by atoms with van der Waals surface area (Å²) < 4.78 is 11.1. The molecule has 0 bridgehead atoms. The second-order valence-corrected chi connectivity index (χ2v) is 8.17. The Morgan fingerprint density at radius 2 is 1.72 bits per heavy atom. The first kappa shape index (κ1) is 25.2. The molecule has 6 heteroatoms. The van der Waals surface area contributed by atoms with E-state index in [2.05, 4.69) is 5.32 Å². The van der Waals surface area contributed by atoms with Gasteiger partial charge in [0.2, 0.25) is 5.91 Å². The van der Waals surface area contributed by atoms with Crippen molar-refractivity contribution in [3.63, 3.8) is 0 Å². The number of carbonyl (C=O) groups is 2. The molecule has 2 aromatic carbocycles. The largest absolute Gasteiger partial charge is 0.497 e. The minimum absolute atomic E-state index is 0.0423. The van der Waals surface area contributed by atoms with Crippen LogP contribution < -0.4 is 14.8 Å². The molecule has 2 aromatic rings. The van der Waals surface area contributed by atoms with E-state index >= 15 is 0 Å². The highest BCUT2D eigenvalue weighted by Gasteiger charge is 2.29. The maximum Gasteiger partial charge on any atom is 0.261 e. The van der Waals surface area contributed by atoms with Gasteiger partial charge < -0.3 is 19.7 Å². The van der Waals surface area contributed by atoms with Crippen LogP contribution in [0.1, 0.15) is 50.3 Å². The molecule has 0 saturated carbocycles. The Morgan fingerprint density at radius 1 is 1.03 bits per heavy atom. The summed E-state index contributed by atoms with van der Waals surface area (Å²) in [7, 11) is 1.61. The van der Waals surface area contributed by atoms with E-state index in [1.54, 1.807) is 12.0 Å². The number of rotatable bonds is 11. The highest BCUT2D eigenvalue weighted by molar-refractivity contribution is 5.88. The van der Waals surface area contributed by atoms with Gasteiger partial charge in [0, 0.05) is 12.6 Å². The SMILES string of the molecule is CC[C@@H](C)NC(=O)[C@H](CC)N(Cc1ccc(OC)cc1)C(=O)COc1cc(C)ccc1C. The summed E-state index contributed by atoms with van der Waals surface area (Å²) in [5, 5.41) is 3.02. The van der Waals surface area contributed by atoms with Crippen LogP contribution in [0, 0.1) is 13.8 Å². The Labute approximate surface area is 191 Å². The maximum atomic E-state index is 13.3. The lowest BCUT2D eigenvalue weighted by Crippen LogP contribution is -2.51. The molecule has 0 aliphatic carbocycles. The Morgan fingerprint density at radius 3 is 2.31 bits per heavy atom. The van der Waals surface area contributed by atoms with E-state index in [0.717, 1.165) is 28.9 Å². The van der Waals surface area contributed by atoms with Gasteiger partial charge in [-0.25, -0.2) is 0 Å². The van der Waals surface area contributed by atoms with Crippen molar-refractivity contribution in [2.45, 2.75) is 66.1 Å². The fourth-order valence-corrected chi connectivity index (χ4v) is 3.37. The van der Waals surface area contributed by atoms with Crippen LogP contribution in [0.25, 0.3) is 0 Å². The lowest BCUT2D eigenvalue weighted by molar-refractivity contribution is -0.143. The first-order valence-electron chi connectivity index (χ1n) is 11.2. The molecule has 0 aromatic heterocycles. The smallest absolute Gasteiger partial charge is 0.261 e. The van der Waals surface area contributed by atoms with Gasteiger partial charge in [0.05, 0.1) is 7.11 Å². The molecule has 0 heterocycles. The molecule has 0 saturated heterocycles. The second-order valence-electron chi connectivity index (χ2n) is 8.17. The number of hydrogen-bond donors (Lipinski definition) is 1. The summed E-state index contributed by atoms with van der Waals surface area (Å²) in [6.45, 7) is 10.0. The third-order valence-corrected chi connectivity index (χ3v) is 5.59. The van der Waals surface area contributed by atoms with E-state index in [9.17, 15) is 9.59 Å². The van der Waals surface area contributed by atoms with Crippen LogP contribution in [-0.2, 0) is 16.1 Å². The van der Waals surface area contributed by atoms with Gasteiger partial charge in [-0.05, 0) is 68.5 Å². The van der Waals surface area contributed by atoms with E-state index in [4.69, 9.17) is 9.47 Å². The molecule has 0 unspecified atom stereocenters. The molecule has 0 spiro atoms. The van der Waals surface area contributed by atoms with Crippen LogP contribution in [0.2, 0.25) is 0 Å². The molecule has 2 atom stereocenters. The quantitative estimate of drug-likeness (QED) is 0.562. The summed E-state index contributed by atoms with van der Waals surface area (Å²) in [4.78, 5) is 27.9. The van der Waals surface area contributed by atoms with Gasteiger partial charge in [-0.1, -0.05) is 38.1 Å². The van der Waals surface area contributed by atoms with Gasteiger partial charge in [-0.15, -0.1) is 0 Å². The molecule has 6 nitrogen and oxygen atoms in total. The summed E-state index contributed by atoms with van der Waals surface area (Å²) in [6.07, 6.45) is 1.33. The molecule has 0 aliphatic heterocycles. The van der Waals surface area contributed by atoms with Crippen molar-refractivity contribution in [2.75, 3.05) is 13.7 Å². The number of nitrogens with zero attached hydrogens (tertiary/aromatic N) is 1. The zero-order chi connectivity index (χ0) is 23.7. The van der Waals surface area contributed by atoms with Gasteiger partial charge in [0.15, 0.2) is 6.61 Å². The number of aryl methyl sites for hydroxylation is 2. The Kier molecular flexibility index (Phi) is 9.57. The normalized spacial score (nSPS) is 12.6. The minimum Gasteiger partial charge on any atom is -0.497 e. The fourth-order valence-electron chi connectivity index (χ4n) is 3.37. The van der Waals surface area contributed by atoms with Gasteiger partial charge >= 0.3 is 0 Å². The summed E-state index contributed by atoms with van der Waals surface area (Å²) in [6, 6.07) is 12.9. The molecule has 174 valence electrons. The number of methoxy groups -OCH3 is 1. The van der Waals surface area contributed by atoms with Crippen LogP contribution in [0.4, 0.5) is 0 Å². The first-order valence-corrected chi connectivity index (χ1v) is 11.2. The van der Waals surface area contributed by atoms with Crippen LogP contribution >= 0.6 is 0 Å². The van der Waals surface area contributed by atoms with Crippen LogP contribution in [0.5, 0.6) is 11.5 Å². The van der Waals surface area contributed by atoms with E-state index in [0.29, 0.717) is 18.7 Å². The van der Waals surface area contributed by atoms with Crippen molar-refractivity contribution in [3.05, 3.63) is 59.2 Å². The van der Waals surface area contributed by atoms with Crippen molar-refractivity contribution in [1.29, 1.82) is 0 Å². The standard InChI is InChI=1S/C26H36N2O4/c1-7-20(5)27-26(30)23(8-2)28(16-21-11-13-22(31-6)14-12-21)25(29)17-32-24-15-18(3)9-10-19(24)4/h9-15,20,23H,7-8,16-17H2,1-6H3,(H,27,30)/t20-,23+/m1/s1. The molecule has 32 heavy (non-hydrogen) atoms. The summed E-state index contributed by atoms with van der Waals surface area (Å²) in [5.74, 6) is 1.05. The van der Waals surface area contributed by atoms with Crippen LogP contribution in [0.3, 0.4) is 0 Å². The number of carbonyl (C=O) groups excluding carboxylic acids is 2. The maximum absolute atomic E-state index is 13.3. The molecular weight excluding hydrogens is 404 g/mol. The molecule has 0 fully saturated rings. The fraction of sp³-hybridized carbons (Fsp3) is 0.462. The van der Waals surface area contributed by atoms with Crippen molar-refractivity contribution in [3.8, 4) is 11.5 Å². The van der Waals surface area contributed by atoms with Crippen molar-refractivity contribution < 1.29 is 19.1 Å². The Bertz CT molecular complexity index is 895. The molecule has 2 rings (SSSR count). The van der Waals surface area contributed by atoms with Crippen LogP contribution in [-0.4, -0.2) is 42.5 Å². The Balaban J connectivity index is 2.24. The van der Waals surface area contributed by atoms with Crippen LogP contribution in [0.15, 0.2) is 42.5 Å². The third-order valence-electron chi connectivity index (χ3n) is 5.59. The highest BCUT2D eigenvalue weighted by Crippen LogP contribution is 2.20. The zero-order valence-electron chi connectivity index (χ0n) is 20.1. The lowest BCUT2D eigenvalue weighted by atomic mass is 10.1. The van der Waals surface area contributed by atoms with E-state index in [1.165, 1.54) is 0 Å². The van der Waals surface area contributed by atoms with Gasteiger partial charge in [0.25, 0.3) is 5.91 Å². The first-order chi connectivity index (χ1) is 15.3. The predicted octanol–water partition coefficient (Wildman–Crippen LogP) is 4.41. The molecule has 1 N–H and O–H groups in total. The number of ether oxygens (including phenoxy) is 2. The Hall–Kier alpha value is -3.02. The van der Waals surface area contributed by atoms with Gasteiger partial charge in [-0.3, -0.25) is 9.59 Å². The summed E-state index contributed by atoms with van der Waals surface area (Å²) in [5.41, 5.74) is 2.94. The van der Waals surface area contributed by atoms with Gasteiger partial charge in [-0.2, -0.15) is 0 Å². The van der Waals surface area contributed by atoms with Crippen molar-refractivity contribution in [2.24, 2.45) is 0 Å². The number of benzene rings is 2. The van der Waals surface area contributed by atoms with Crippen molar-refractivity contribution in [1.82, 2.24) is 10.2 Å². The number of hydrogen-bond acceptors (Lipinski definition) is 4. The average molecular weight is 441 g/mol. The van der Waals surface area contributed by atoms with E-state index < -0.39 is 6.04 Å². The number of nitrogens with one attached hydrogen (secondary N) is 1. The molecular formula is C26H36N2O4.